The standard InChI is InChI=1S/C53H37N/c1-4-18-39(19-5-1)47-27-13-15-30-52(47)54(45-26-16-21-41(36-45)42-32-31-38-17-10-11-20-40(38)35-42)46-33-34-49-48-28-12-14-29-50(48)53(51(49)37-46,43-22-6-2-7-23-43)44-24-8-3-9-25-44/h1-37H. The summed E-state index contributed by atoms with van der Waals surface area (Å²) in [7, 11) is 0. The van der Waals surface area contributed by atoms with Gasteiger partial charge in [0.05, 0.1) is 11.1 Å². The average molecular weight is 688 g/mol. The fourth-order valence-corrected chi connectivity index (χ4v) is 8.72. The number of benzene rings is 9. The fourth-order valence-electron chi connectivity index (χ4n) is 8.72. The summed E-state index contributed by atoms with van der Waals surface area (Å²) in [5, 5.41) is 2.48. The van der Waals surface area contributed by atoms with Gasteiger partial charge in [-0.25, -0.2) is 0 Å². The average Bonchev–Trinajstić information content (AvgIpc) is 3.55. The maximum atomic E-state index is 2.46. The van der Waals surface area contributed by atoms with Gasteiger partial charge in [-0.15, -0.1) is 0 Å². The molecule has 0 amide bonds. The topological polar surface area (TPSA) is 3.24 Å². The number of hydrogen-bond acceptors (Lipinski definition) is 1. The van der Waals surface area contributed by atoms with Crippen molar-refractivity contribution in [1.82, 2.24) is 0 Å². The summed E-state index contributed by atoms with van der Waals surface area (Å²) in [4.78, 5) is 2.46. The first-order valence-electron chi connectivity index (χ1n) is 18.7. The highest BCUT2D eigenvalue weighted by Gasteiger charge is 2.46. The Hall–Kier alpha value is -6.96. The third-order valence-electron chi connectivity index (χ3n) is 11.1. The Morgan fingerprint density at radius 1 is 0.296 bits per heavy atom. The van der Waals surface area contributed by atoms with Gasteiger partial charge in [0.15, 0.2) is 0 Å². The van der Waals surface area contributed by atoms with E-state index in [1.807, 2.05) is 0 Å². The van der Waals surface area contributed by atoms with Gasteiger partial charge in [0, 0.05) is 16.9 Å². The molecule has 0 saturated carbocycles. The Balaban J connectivity index is 1.24. The van der Waals surface area contributed by atoms with Crippen molar-refractivity contribution in [2.24, 2.45) is 0 Å². The smallest absolute Gasteiger partial charge is 0.0714 e. The first-order valence-corrected chi connectivity index (χ1v) is 18.7. The van der Waals surface area contributed by atoms with E-state index in [0.717, 1.165) is 17.1 Å². The summed E-state index contributed by atoms with van der Waals surface area (Å²) in [5.74, 6) is 0. The Bertz CT molecular complexity index is 2730. The fraction of sp³-hybridized carbons (Fsp3) is 0.0189. The molecule has 0 spiro atoms. The summed E-state index contributed by atoms with van der Waals surface area (Å²) < 4.78 is 0. The van der Waals surface area contributed by atoms with Crippen molar-refractivity contribution in [3.8, 4) is 33.4 Å². The van der Waals surface area contributed by atoms with Crippen molar-refractivity contribution in [2.45, 2.75) is 5.41 Å². The highest BCUT2D eigenvalue weighted by atomic mass is 15.1. The van der Waals surface area contributed by atoms with Gasteiger partial charge in [-0.1, -0.05) is 188 Å². The van der Waals surface area contributed by atoms with Crippen LogP contribution in [0.3, 0.4) is 0 Å². The monoisotopic (exact) mass is 687 g/mol. The van der Waals surface area contributed by atoms with Gasteiger partial charge < -0.3 is 4.90 Å². The van der Waals surface area contributed by atoms with Crippen molar-refractivity contribution in [3.63, 3.8) is 0 Å². The van der Waals surface area contributed by atoms with Gasteiger partial charge in [-0.2, -0.15) is 0 Å². The molecule has 0 aromatic heterocycles. The molecule has 0 atom stereocenters. The molecule has 254 valence electrons. The van der Waals surface area contributed by atoms with Crippen LogP contribution in [0.2, 0.25) is 0 Å². The number of fused-ring (bicyclic) bond motifs is 4. The lowest BCUT2D eigenvalue weighted by Crippen LogP contribution is -2.28. The molecule has 0 heterocycles. The van der Waals surface area contributed by atoms with E-state index < -0.39 is 5.41 Å². The molecule has 54 heavy (non-hydrogen) atoms. The van der Waals surface area contributed by atoms with E-state index in [9.17, 15) is 0 Å². The van der Waals surface area contributed by atoms with Crippen LogP contribution in [0.1, 0.15) is 22.3 Å². The number of anilines is 3. The van der Waals surface area contributed by atoms with Gasteiger partial charge in [0.1, 0.15) is 0 Å². The molecule has 0 saturated heterocycles. The van der Waals surface area contributed by atoms with E-state index in [2.05, 4.69) is 229 Å². The minimum Gasteiger partial charge on any atom is -0.310 e. The van der Waals surface area contributed by atoms with E-state index in [1.165, 1.54) is 66.4 Å². The highest BCUT2D eigenvalue weighted by molar-refractivity contribution is 5.93. The zero-order valence-corrected chi connectivity index (χ0v) is 29.8. The molecule has 0 unspecified atom stereocenters. The van der Waals surface area contributed by atoms with Crippen LogP contribution < -0.4 is 4.90 Å². The van der Waals surface area contributed by atoms with Crippen LogP contribution in [0, 0.1) is 0 Å². The molecule has 0 radical (unpaired) electrons. The van der Waals surface area contributed by atoms with E-state index in [-0.39, 0.29) is 0 Å². The minimum absolute atomic E-state index is 0.498. The molecule has 0 aliphatic heterocycles. The van der Waals surface area contributed by atoms with Crippen LogP contribution in [0.15, 0.2) is 224 Å². The van der Waals surface area contributed by atoms with Crippen LogP contribution in [0.25, 0.3) is 44.2 Å². The summed E-state index contributed by atoms with van der Waals surface area (Å²) in [6.07, 6.45) is 0. The second kappa shape index (κ2) is 13.2. The van der Waals surface area contributed by atoms with Crippen molar-refractivity contribution in [1.29, 1.82) is 0 Å². The number of nitrogens with zero attached hydrogens (tertiary/aromatic N) is 1. The number of para-hydroxylation sites is 1. The van der Waals surface area contributed by atoms with E-state index in [1.54, 1.807) is 0 Å². The van der Waals surface area contributed by atoms with E-state index in [0.29, 0.717) is 0 Å². The van der Waals surface area contributed by atoms with Gasteiger partial charge in [0.25, 0.3) is 0 Å². The largest absolute Gasteiger partial charge is 0.310 e. The van der Waals surface area contributed by atoms with E-state index in [4.69, 9.17) is 0 Å². The zero-order chi connectivity index (χ0) is 35.9. The van der Waals surface area contributed by atoms with Crippen molar-refractivity contribution >= 4 is 27.8 Å². The van der Waals surface area contributed by atoms with Crippen LogP contribution in [0.4, 0.5) is 17.1 Å². The Morgan fingerprint density at radius 3 is 1.61 bits per heavy atom. The minimum atomic E-state index is -0.498. The molecule has 9 aromatic rings. The maximum absolute atomic E-state index is 2.46. The Kier molecular flexibility index (Phi) is 7.78. The summed E-state index contributed by atoms with van der Waals surface area (Å²) in [5.41, 5.74) is 15.2. The van der Waals surface area contributed by atoms with Gasteiger partial charge in [-0.3, -0.25) is 0 Å². The second-order valence-corrected chi connectivity index (χ2v) is 14.1. The molecule has 1 heteroatoms. The molecule has 9 aromatic carbocycles. The van der Waals surface area contributed by atoms with Gasteiger partial charge in [-0.05, 0) is 97.2 Å². The van der Waals surface area contributed by atoms with Crippen molar-refractivity contribution in [3.05, 3.63) is 247 Å². The van der Waals surface area contributed by atoms with Crippen LogP contribution in [-0.2, 0) is 5.41 Å². The zero-order valence-electron chi connectivity index (χ0n) is 29.8. The number of hydrogen-bond donors (Lipinski definition) is 0. The van der Waals surface area contributed by atoms with Gasteiger partial charge in [0.2, 0.25) is 0 Å². The lowest BCUT2D eigenvalue weighted by molar-refractivity contribution is 0.768. The van der Waals surface area contributed by atoms with Crippen molar-refractivity contribution in [2.75, 3.05) is 4.90 Å². The predicted molar refractivity (Wildman–Crippen MR) is 227 cm³/mol. The maximum Gasteiger partial charge on any atom is 0.0714 e. The normalized spacial score (nSPS) is 12.6. The molecular weight excluding hydrogens is 651 g/mol. The summed E-state index contributed by atoms with van der Waals surface area (Å²) in [6.45, 7) is 0. The molecule has 10 rings (SSSR count). The number of rotatable bonds is 7. The van der Waals surface area contributed by atoms with E-state index >= 15 is 0 Å². The van der Waals surface area contributed by atoms with Crippen molar-refractivity contribution < 1.29 is 0 Å². The Labute approximate surface area is 317 Å². The molecule has 0 bridgehead atoms. The first-order chi connectivity index (χ1) is 26.8. The molecular formula is C53H37N. The van der Waals surface area contributed by atoms with Crippen LogP contribution in [-0.4, -0.2) is 0 Å². The Morgan fingerprint density at radius 2 is 0.852 bits per heavy atom. The third kappa shape index (κ3) is 5.17. The summed E-state index contributed by atoms with van der Waals surface area (Å²) >= 11 is 0. The SMILES string of the molecule is c1ccc(-c2ccccc2N(c2cccc(-c3ccc4ccccc4c3)c2)c2ccc3c(c2)C(c2ccccc2)(c2ccccc2)c2ccccc2-3)cc1. The molecule has 0 N–H and O–H groups in total. The first kappa shape index (κ1) is 31.7. The van der Waals surface area contributed by atoms with Crippen LogP contribution >= 0.6 is 0 Å². The van der Waals surface area contributed by atoms with Gasteiger partial charge >= 0.3 is 0 Å². The third-order valence-corrected chi connectivity index (χ3v) is 11.1. The summed E-state index contributed by atoms with van der Waals surface area (Å²) in [6, 6.07) is 82.1. The molecule has 1 nitrogen and oxygen atoms in total. The molecule has 0 fully saturated rings. The quantitative estimate of drug-likeness (QED) is 0.161. The van der Waals surface area contributed by atoms with Crippen LogP contribution in [0.5, 0.6) is 0 Å². The lowest BCUT2D eigenvalue weighted by atomic mass is 9.67. The molecule has 1 aliphatic carbocycles. The lowest BCUT2D eigenvalue weighted by Gasteiger charge is -2.35. The predicted octanol–water partition coefficient (Wildman–Crippen LogP) is 14.0. The highest BCUT2D eigenvalue weighted by Crippen LogP contribution is 2.57. The molecule has 1 aliphatic rings. The second-order valence-electron chi connectivity index (χ2n) is 14.1.